The number of alkyl halides is 3. The Morgan fingerprint density at radius 2 is 1.65 bits per heavy atom. The molecule has 1 atom stereocenters. The minimum absolute atomic E-state index is 0.0847. The molecule has 162 valence electrons. The monoisotopic (exact) mass is 429 g/mol. The predicted molar refractivity (Wildman–Crippen MR) is 112 cm³/mol. The highest BCUT2D eigenvalue weighted by Gasteiger charge is 2.29. The Morgan fingerprint density at radius 3 is 2.32 bits per heavy atom. The molecule has 4 nitrogen and oxygen atoms in total. The first kappa shape index (κ1) is 22.4. The molecule has 1 unspecified atom stereocenters. The highest BCUT2D eigenvalue weighted by atomic mass is 19.4. The van der Waals surface area contributed by atoms with Gasteiger partial charge in [0, 0.05) is 11.8 Å². The molecule has 3 aromatic carbocycles. The number of amides is 1. The van der Waals surface area contributed by atoms with Crippen LogP contribution < -0.4 is 10.1 Å². The number of halogens is 3. The molecule has 0 heterocycles. The average molecular weight is 429 g/mol. The SMILES string of the molecule is O=C(Nc1cccc(OCc2ccccc2)c1)C(O)CCc1ccc(C(F)(F)F)cc1. The van der Waals surface area contributed by atoms with Crippen LogP contribution in [-0.4, -0.2) is 17.1 Å². The van der Waals surface area contributed by atoms with Crippen molar-refractivity contribution in [2.75, 3.05) is 5.32 Å². The number of anilines is 1. The number of aryl methyl sites for hydroxylation is 1. The maximum Gasteiger partial charge on any atom is 0.416 e. The number of aliphatic hydroxyl groups is 1. The van der Waals surface area contributed by atoms with Gasteiger partial charge in [0.25, 0.3) is 5.91 Å². The first-order chi connectivity index (χ1) is 14.8. The summed E-state index contributed by atoms with van der Waals surface area (Å²) in [7, 11) is 0. The number of hydrogen-bond acceptors (Lipinski definition) is 3. The van der Waals surface area contributed by atoms with E-state index >= 15 is 0 Å². The van der Waals surface area contributed by atoms with Gasteiger partial charge in [0.05, 0.1) is 5.56 Å². The van der Waals surface area contributed by atoms with Crippen LogP contribution in [0, 0.1) is 0 Å². The van der Waals surface area contributed by atoms with Gasteiger partial charge in [-0.1, -0.05) is 48.5 Å². The molecule has 0 spiro atoms. The lowest BCUT2D eigenvalue weighted by molar-refractivity contribution is -0.137. The van der Waals surface area contributed by atoms with Gasteiger partial charge in [0.15, 0.2) is 0 Å². The Balaban J connectivity index is 1.50. The van der Waals surface area contributed by atoms with Crippen molar-refractivity contribution in [2.24, 2.45) is 0 Å². The second kappa shape index (κ2) is 10.1. The third-order valence-corrected chi connectivity index (χ3v) is 4.64. The van der Waals surface area contributed by atoms with Crippen LogP contribution in [0.3, 0.4) is 0 Å². The van der Waals surface area contributed by atoms with Crippen LogP contribution >= 0.6 is 0 Å². The van der Waals surface area contributed by atoms with E-state index in [0.717, 1.165) is 17.7 Å². The van der Waals surface area contributed by atoms with E-state index in [4.69, 9.17) is 4.74 Å². The lowest BCUT2D eigenvalue weighted by Crippen LogP contribution is -2.28. The van der Waals surface area contributed by atoms with Gasteiger partial charge in [-0.25, -0.2) is 0 Å². The highest BCUT2D eigenvalue weighted by Crippen LogP contribution is 2.29. The number of rotatable bonds is 8. The van der Waals surface area contributed by atoms with Crippen LogP contribution in [0.15, 0.2) is 78.9 Å². The molecule has 0 fully saturated rings. The summed E-state index contributed by atoms with van der Waals surface area (Å²) in [5.74, 6) is -0.0204. The fraction of sp³-hybridized carbons (Fsp3) is 0.208. The number of carbonyl (C=O) groups is 1. The smallest absolute Gasteiger partial charge is 0.416 e. The first-order valence-electron chi connectivity index (χ1n) is 9.73. The Labute approximate surface area is 178 Å². The van der Waals surface area contributed by atoms with Crippen LogP contribution in [-0.2, 0) is 24.0 Å². The van der Waals surface area contributed by atoms with E-state index in [1.807, 2.05) is 30.3 Å². The Kier molecular flexibility index (Phi) is 7.31. The average Bonchev–Trinajstić information content (AvgIpc) is 2.76. The Morgan fingerprint density at radius 1 is 0.935 bits per heavy atom. The summed E-state index contributed by atoms with van der Waals surface area (Å²) in [6.45, 7) is 0.383. The zero-order valence-corrected chi connectivity index (χ0v) is 16.6. The van der Waals surface area contributed by atoms with E-state index in [-0.39, 0.29) is 12.8 Å². The van der Waals surface area contributed by atoms with Crippen LogP contribution in [0.5, 0.6) is 5.75 Å². The van der Waals surface area contributed by atoms with Gasteiger partial charge in [0.2, 0.25) is 0 Å². The maximum atomic E-state index is 12.6. The second-order valence-corrected chi connectivity index (χ2v) is 7.04. The van der Waals surface area contributed by atoms with E-state index in [1.165, 1.54) is 12.1 Å². The van der Waals surface area contributed by atoms with Crippen molar-refractivity contribution in [3.05, 3.63) is 95.6 Å². The number of carbonyl (C=O) groups excluding carboxylic acids is 1. The van der Waals surface area contributed by atoms with Crippen molar-refractivity contribution in [1.82, 2.24) is 0 Å². The Hall–Kier alpha value is -3.32. The van der Waals surface area contributed by atoms with Crippen molar-refractivity contribution in [3.63, 3.8) is 0 Å². The molecule has 0 saturated carbocycles. The number of nitrogens with one attached hydrogen (secondary N) is 1. The van der Waals surface area contributed by atoms with E-state index < -0.39 is 23.8 Å². The summed E-state index contributed by atoms with van der Waals surface area (Å²) in [6, 6.07) is 21.1. The molecule has 3 rings (SSSR count). The molecular formula is C24H22F3NO3. The largest absolute Gasteiger partial charge is 0.489 e. The van der Waals surface area contributed by atoms with Crippen molar-refractivity contribution in [2.45, 2.75) is 31.7 Å². The lowest BCUT2D eigenvalue weighted by Gasteiger charge is -2.13. The Bertz CT molecular complexity index is 989. The zero-order chi connectivity index (χ0) is 22.3. The molecule has 1 amide bonds. The molecule has 0 aliphatic rings. The third kappa shape index (κ3) is 6.86. The van der Waals surface area contributed by atoms with E-state index in [1.54, 1.807) is 24.3 Å². The quantitative estimate of drug-likeness (QED) is 0.516. The highest BCUT2D eigenvalue weighted by molar-refractivity contribution is 5.94. The number of ether oxygens (including phenoxy) is 1. The summed E-state index contributed by atoms with van der Waals surface area (Å²) in [5, 5.41) is 12.8. The van der Waals surface area contributed by atoms with Crippen molar-refractivity contribution in [3.8, 4) is 5.75 Å². The summed E-state index contributed by atoms with van der Waals surface area (Å²) in [5.41, 5.74) is 1.36. The summed E-state index contributed by atoms with van der Waals surface area (Å²) in [4.78, 5) is 12.3. The van der Waals surface area contributed by atoms with Gasteiger partial charge in [0.1, 0.15) is 18.5 Å². The fourth-order valence-corrected chi connectivity index (χ4v) is 2.92. The van der Waals surface area contributed by atoms with Crippen LogP contribution in [0.4, 0.5) is 18.9 Å². The van der Waals surface area contributed by atoms with Gasteiger partial charge in [-0.15, -0.1) is 0 Å². The number of aliphatic hydroxyl groups excluding tert-OH is 1. The molecule has 31 heavy (non-hydrogen) atoms. The lowest BCUT2D eigenvalue weighted by atomic mass is 10.0. The fourth-order valence-electron chi connectivity index (χ4n) is 2.92. The molecule has 0 bridgehead atoms. The van der Waals surface area contributed by atoms with E-state index in [0.29, 0.717) is 23.6 Å². The minimum atomic E-state index is -4.39. The van der Waals surface area contributed by atoms with Gasteiger partial charge in [-0.05, 0) is 48.2 Å². The first-order valence-corrected chi connectivity index (χ1v) is 9.73. The molecule has 0 saturated heterocycles. The molecule has 3 aromatic rings. The van der Waals surface area contributed by atoms with Gasteiger partial charge >= 0.3 is 6.18 Å². The normalized spacial score (nSPS) is 12.3. The number of hydrogen-bond donors (Lipinski definition) is 2. The van der Waals surface area contributed by atoms with E-state index in [2.05, 4.69) is 5.32 Å². The summed E-state index contributed by atoms with van der Waals surface area (Å²) < 4.78 is 43.5. The van der Waals surface area contributed by atoms with Crippen LogP contribution in [0.2, 0.25) is 0 Å². The van der Waals surface area contributed by atoms with Crippen LogP contribution in [0.25, 0.3) is 0 Å². The van der Waals surface area contributed by atoms with Gasteiger partial charge < -0.3 is 15.2 Å². The molecule has 0 aliphatic heterocycles. The molecule has 0 aromatic heterocycles. The topological polar surface area (TPSA) is 58.6 Å². The zero-order valence-electron chi connectivity index (χ0n) is 16.6. The van der Waals surface area contributed by atoms with Crippen molar-refractivity contribution >= 4 is 11.6 Å². The standard InChI is InChI=1S/C24H22F3NO3/c25-24(26,27)19-12-9-17(10-13-19)11-14-22(29)23(30)28-20-7-4-8-21(15-20)31-16-18-5-2-1-3-6-18/h1-10,12-13,15,22,29H,11,14,16H2,(H,28,30). The molecular weight excluding hydrogens is 407 g/mol. The maximum absolute atomic E-state index is 12.6. The van der Waals surface area contributed by atoms with E-state index in [9.17, 15) is 23.1 Å². The second-order valence-electron chi connectivity index (χ2n) is 7.04. The third-order valence-electron chi connectivity index (χ3n) is 4.64. The van der Waals surface area contributed by atoms with Gasteiger partial charge in [-0.3, -0.25) is 4.79 Å². The van der Waals surface area contributed by atoms with Crippen LogP contribution in [0.1, 0.15) is 23.1 Å². The number of benzene rings is 3. The van der Waals surface area contributed by atoms with Gasteiger partial charge in [-0.2, -0.15) is 13.2 Å². The van der Waals surface area contributed by atoms with Crippen molar-refractivity contribution < 1.29 is 27.8 Å². The predicted octanol–water partition coefficient (Wildman–Crippen LogP) is 5.22. The summed E-state index contributed by atoms with van der Waals surface area (Å²) >= 11 is 0. The molecule has 0 radical (unpaired) electrons. The molecule has 0 aliphatic carbocycles. The molecule has 7 heteroatoms. The molecule has 2 N–H and O–H groups in total. The van der Waals surface area contributed by atoms with Crippen molar-refractivity contribution in [1.29, 1.82) is 0 Å². The minimum Gasteiger partial charge on any atom is -0.489 e. The summed E-state index contributed by atoms with van der Waals surface area (Å²) in [6.07, 6.45) is -5.33.